The first kappa shape index (κ1) is 26.5. The number of hydrogen-bond acceptors (Lipinski definition) is 4. The summed E-state index contributed by atoms with van der Waals surface area (Å²) in [5.41, 5.74) is 1.12. The van der Waals surface area contributed by atoms with Crippen molar-refractivity contribution in [2.45, 2.75) is 50.9 Å². The molecule has 0 amide bonds. The largest absolute Gasteiger partial charge is 0.486 e. The van der Waals surface area contributed by atoms with Gasteiger partial charge in [0.15, 0.2) is 29.5 Å². The molecule has 194 valence electrons. The number of benzene rings is 2. The monoisotopic (exact) mass is 502 g/mol. The number of hydrogen-bond donors (Lipinski definition) is 1. The van der Waals surface area contributed by atoms with Crippen LogP contribution in [0.2, 0.25) is 0 Å². The van der Waals surface area contributed by atoms with E-state index in [1.165, 1.54) is 18.2 Å². The van der Waals surface area contributed by atoms with Crippen LogP contribution in [0, 0.1) is 29.3 Å². The molecular formula is C29H33F3O4. The minimum Gasteiger partial charge on any atom is -0.486 e. The molecule has 2 aliphatic rings. The number of aliphatic hydroxyl groups is 1. The van der Waals surface area contributed by atoms with Crippen LogP contribution >= 0.6 is 0 Å². The average molecular weight is 503 g/mol. The van der Waals surface area contributed by atoms with Crippen molar-refractivity contribution in [2.75, 3.05) is 19.8 Å². The Hall–Kier alpha value is -2.61. The van der Waals surface area contributed by atoms with E-state index in [1.54, 1.807) is 37.3 Å². The van der Waals surface area contributed by atoms with E-state index >= 15 is 0 Å². The molecule has 0 bridgehead atoms. The van der Waals surface area contributed by atoms with Gasteiger partial charge in [-0.1, -0.05) is 43.0 Å². The molecule has 1 aliphatic carbocycles. The van der Waals surface area contributed by atoms with E-state index in [-0.39, 0.29) is 41.8 Å². The first-order valence-electron chi connectivity index (χ1n) is 12.5. The second-order valence-corrected chi connectivity index (χ2v) is 9.63. The highest BCUT2D eigenvalue weighted by Gasteiger charge is 2.28. The molecule has 1 saturated heterocycles. The maximum Gasteiger partial charge on any atom is 0.183 e. The molecule has 2 fully saturated rings. The van der Waals surface area contributed by atoms with Crippen molar-refractivity contribution in [3.05, 3.63) is 83.2 Å². The van der Waals surface area contributed by atoms with Crippen molar-refractivity contribution < 1.29 is 32.5 Å². The molecule has 36 heavy (non-hydrogen) atoms. The lowest BCUT2D eigenvalue weighted by Crippen LogP contribution is -2.25. The van der Waals surface area contributed by atoms with Crippen LogP contribution in [-0.2, 0) is 9.47 Å². The number of aliphatic hydroxyl groups excluding tert-OH is 1. The fraction of sp³-hybridized carbons (Fsp3) is 0.448. The van der Waals surface area contributed by atoms with Crippen molar-refractivity contribution in [1.82, 2.24) is 0 Å². The Kier molecular flexibility index (Phi) is 8.88. The van der Waals surface area contributed by atoms with Crippen LogP contribution in [0.25, 0.3) is 6.08 Å². The SMILES string of the molecule is C=CCOc1ccc(C2OCC(/C=C/c3ccc(C4CCC(C(C)O)CC4)c(F)c3F)CO2)cc1F. The van der Waals surface area contributed by atoms with Gasteiger partial charge in [-0.2, -0.15) is 0 Å². The minimum absolute atomic E-state index is 0.0305. The van der Waals surface area contributed by atoms with Gasteiger partial charge in [-0.15, -0.1) is 0 Å². The lowest BCUT2D eigenvalue weighted by molar-refractivity contribution is -0.197. The number of halogens is 3. The molecular weight excluding hydrogens is 469 g/mol. The molecule has 4 rings (SSSR count). The van der Waals surface area contributed by atoms with Gasteiger partial charge in [0.05, 0.1) is 19.3 Å². The molecule has 1 atom stereocenters. The lowest BCUT2D eigenvalue weighted by atomic mass is 9.76. The summed E-state index contributed by atoms with van der Waals surface area (Å²) in [5, 5.41) is 9.77. The van der Waals surface area contributed by atoms with Gasteiger partial charge in [0, 0.05) is 17.0 Å². The fourth-order valence-corrected chi connectivity index (χ4v) is 4.93. The van der Waals surface area contributed by atoms with Crippen LogP contribution in [0.1, 0.15) is 61.5 Å². The van der Waals surface area contributed by atoms with Gasteiger partial charge in [0.2, 0.25) is 0 Å². The highest BCUT2D eigenvalue weighted by molar-refractivity contribution is 5.52. The van der Waals surface area contributed by atoms with E-state index in [1.807, 2.05) is 0 Å². The molecule has 0 spiro atoms. The van der Waals surface area contributed by atoms with E-state index in [2.05, 4.69) is 6.58 Å². The second kappa shape index (κ2) is 12.1. The van der Waals surface area contributed by atoms with Gasteiger partial charge in [0.1, 0.15) is 6.61 Å². The molecule has 2 aromatic carbocycles. The fourth-order valence-electron chi connectivity index (χ4n) is 4.93. The van der Waals surface area contributed by atoms with Gasteiger partial charge < -0.3 is 19.3 Å². The van der Waals surface area contributed by atoms with Gasteiger partial charge in [-0.05, 0) is 62.1 Å². The zero-order chi connectivity index (χ0) is 25.7. The Morgan fingerprint density at radius 2 is 1.78 bits per heavy atom. The summed E-state index contributed by atoms with van der Waals surface area (Å²) in [4.78, 5) is 0. The van der Waals surface area contributed by atoms with Crippen LogP contribution in [0.4, 0.5) is 13.2 Å². The Morgan fingerprint density at radius 1 is 1.06 bits per heavy atom. The van der Waals surface area contributed by atoms with Crippen molar-refractivity contribution >= 4 is 6.08 Å². The maximum absolute atomic E-state index is 14.9. The summed E-state index contributed by atoms with van der Waals surface area (Å²) >= 11 is 0. The Labute approximate surface area is 210 Å². The van der Waals surface area contributed by atoms with Crippen molar-refractivity contribution in [2.24, 2.45) is 11.8 Å². The van der Waals surface area contributed by atoms with Crippen LogP contribution in [0.3, 0.4) is 0 Å². The van der Waals surface area contributed by atoms with E-state index in [4.69, 9.17) is 14.2 Å². The highest BCUT2D eigenvalue weighted by Crippen LogP contribution is 2.39. The van der Waals surface area contributed by atoms with Gasteiger partial charge in [-0.3, -0.25) is 0 Å². The van der Waals surface area contributed by atoms with Crippen LogP contribution in [0.15, 0.2) is 49.1 Å². The summed E-state index contributed by atoms with van der Waals surface area (Å²) in [5.74, 6) is -1.99. The predicted octanol–water partition coefficient (Wildman–Crippen LogP) is 6.70. The topological polar surface area (TPSA) is 47.9 Å². The van der Waals surface area contributed by atoms with E-state index in [9.17, 15) is 18.3 Å². The second-order valence-electron chi connectivity index (χ2n) is 9.63. The maximum atomic E-state index is 14.9. The molecule has 1 N–H and O–H groups in total. The summed E-state index contributed by atoms with van der Waals surface area (Å²) in [6.07, 6.45) is 6.86. The Morgan fingerprint density at radius 3 is 2.42 bits per heavy atom. The zero-order valence-corrected chi connectivity index (χ0v) is 20.5. The smallest absolute Gasteiger partial charge is 0.183 e. The molecule has 1 aliphatic heterocycles. The average Bonchev–Trinajstić information content (AvgIpc) is 2.89. The Balaban J connectivity index is 1.33. The molecule has 1 heterocycles. The zero-order valence-electron chi connectivity index (χ0n) is 20.5. The lowest BCUT2D eigenvalue weighted by Gasteiger charge is -2.30. The molecule has 1 unspecified atom stereocenters. The van der Waals surface area contributed by atoms with Gasteiger partial charge >= 0.3 is 0 Å². The predicted molar refractivity (Wildman–Crippen MR) is 132 cm³/mol. The molecule has 1 saturated carbocycles. The van der Waals surface area contributed by atoms with Crippen LogP contribution in [0.5, 0.6) is 5.75 Å². The molecule has 7 heteroatoms. The van der Waals surface area contributed by atoms with E-state index in [0.717, 1.165) is 25.7 Å². The van der Waals surface area contributed by atoms with E-state index < -0.39 is 23.7 Å². The summed E-state index contributed by atoms with van der Waals surface area (Å²) in [7, 11) is 0. The normalized spacial score (nSPS) is 25.6. The third-order valence-corrected chi connectivity index (χ3v) is 7.09. The van der Waals surface area contributed by atoms with Crippen molar-refractivity contribution in [1.29, 1.82) is 0 Å². The van der Waals surface area contributed by atoms with Crippen LogP contribution < -0.4 is 4.74 Å². The minimum atomic E-state index is -0.855. The van der Waals surface area contributed by atoms with Crippen molar-refractivity contribution in [3.63, 3.8) is 0 Å². The third-order valence-electron chi connectivity index (χ3n) is 7.09. The Bertz CT molecular complexity index is 1070. The summed E-state index contributed by atoms with van der Waals surface area (Å²) in [6.45, 7) is 6.13. The van der Waals surface area contributed by atoms with Gasteiger partial charge in [-0.25, -0.2) is 13.2 Å². The number of ether oxygens (including phenoxy) is 3. The summed E-state index contributed by atoms with van der Waals surface area (Å²) in [6, 6.07) is 7.80. The highest BCUT2D eigenvalue weighted by atomic mass is 19.2. The van der Waals surface area contributed by atoms with Crippen molar-refractivity contribution in [3.8, 4) is 5.75 Å². The number of rotatable bonds is 8. The first-order chi connectivity index (χ1) is 17.4. The molecule has 0 radical (unpaired) electrons. The molecule has 2 aromatic rings. The third kappa shape index (κ3) is 6.20. The van der Waals surface area contributed by atoms with Gasteiger partial charge in [0.25, 0.3) is 0 Å². The quantitative estimate of drug-likeness (QED) is 0.408. The standard InChI is InChI=1S/C29H33F3O4/c1-3-14-34-26-13-11-23(15-25(26)30)29-35-16-19(17-36-29)4-5-22-10-12-24(28(32)27(22)31)21-8-6-20(7-9-21)18(2)33/h3-5,10-13,15,18-21,29,33H,1,6-9,14,16-17H2,2H3/b5-4+. The van der Waals surface area contributed by atoms with E-state index in [0.29, 0.717) is 24.3 Å². The first-order valence-corrected chi connectivity index (χ1v) is 12.5. The molecule has 4 nitrogen and oxygen atoms in total. The van der Waals surface area contributed by atoms with Crippen LogP contribution in [-0.4, -0.2) is 31.0 Å². The molecule has 0 aromatic heterocycles. The summed E-state index contributed by atoms with van der Waals surface area (Å²) < 4.78 is 60.6.